The molecule has 0 heterocycles. The first-order chi connectivity index (χ1) is 16.6. The third kappa shape index (κ3) is 6.21. The van der Waals surface area contributed by atoms with Gasteiger partial charge in [0.05, 0.1) is 17.0 Å². The molecule has 188 valence electrons. The van der Waals surface area contributed by atoms with E-state index in [1.165, 1.54) is 5.56 Å². The first kappa shape index (κ1) is 27.1. The van der Waals surface area contributed by atoms with Crippen LogP contribution in [0.25, 0.3) is 0 Å². The molecule has 0 radical (unpaired) electrons. The molecule has 35 heavy (non-hydrogen) atoms. The maximum Gasteiger partial charge on any atom is 0.241 e. The van der Waals surface area contributed by atoms with E-state index in [1.54, 1.807) is 0 Å². The average Bonchev–Trinajstić information content (AvgIpc) is 2.84. The highest BCUT2D eigenvalue weighted by Crippen LogP contribution is 2.37. The number of nitrogens with one attached hydrogen (secondary N) is 2. The Bertz CT molecular complexity index is 1170. The van der Waals surface area contributed by atoms with E-state index in [1.807, 2.05) is 67.7 Å². The Kier molecular flexibility index (Phi) is 8.92. The van der Waals surface area contributed by atoms with Crippen LogP contribution in [0.5, 0.6) is 0 Å². The topological polar surface area (TPSA) is 58.2 Å². The standard InChI is InChI=1S/C30H40N2O2S/c1-20(2)25-18-26(21(3)4)30(27(19-25)22(5)6)35(33,34)32-29(24-16-12-9-13-17-24)28(31-7)23-14-10-8-11-15-23/h8-22,28-29,31-32H,1-7H3/t28?,29-/m0/s1. The van der Waals surface area contributed by atoms with Gasteiger partial charge < -0.3 is 5.32 Å². The largest absolute Gasteiger partial charge is 0.311 e. The summed E-state index contributed by atoms with van der Waals surface area (Å²) in [6, 6.07) is 23.2. The molecule has 1 unspecified atom stereocenters. The van der Waals surface area contributed by atoms with Gasteiger partial charge in [0.2, 0.25) is 10.0 Å². The van der Waals surface area contributed by atoms with Crippen LogP contribution in [0.3, 0.4) is 0 Å². The zero-order valence-electron chi connectivity index (χ0n) is 22.0. The van der Waals surface area contributed by atoms with Crippen LogP contribution >= 0.6 is 0 Å². The Balaban J connectivity index is 2.20. The van der Waals surface area contributed by atoms with E-state index in [0.29, 0.717) is 10.8 Å². The molecule has 0 aliphatic carbocycles. The number of sulfonamides is 1. The van der Waals surface area contributed by atoms with E-state index < -0.39 is 16.1 Å². The minimum Gasteiger partial charge on any atom is -0.311 e. The van der Waals surface area contributed by atoms with Gasteiger partial charge in [0, 0.05) is 0 Å². The molecule has 0 aliphatic rings. The zero-order valence-corrected chi connectivity index (χ0v) is 22.9. The smallest absolute Gasteiger partial charge is 0.241 e. The molecule has 3 aromatic rings. The van der Waals surface area contributed by atoms with Crippen LogP contribution in [0.4, 0.5) is 0 Å². The van der Waals surface area contributed by atoms with Crippen LogP contribution in [0.2, 0.25) is 0 Å². The predicted octanol–water partition coefficient (Wildman–Crippen LogP) is 7.04. The van der Waals surface area contributed by atoms with Gasteiger partial charge in [-0.15, -0.1) is 0 Å². The van der Waals surface area contributed by atoms with Crippen molar-refractivity contribution in [2.24, 2.45) is 0 Å². The summed E-state index contributed by atoms with van der Waals surface area (Å²) >= 11 is 0. The molecule has 0 bridgehead atoms. The van der Waals surface area contributed by atoms with Crippen molar-refractivity contribution in [1.82, 2.24) is 10.0 Å². The van der Waals surface area contributed by atoms with Crippen LogP contribution in [0, 0.1) is 0 Å². The lowest BCUT2D eigenvalue weighted by Crippen LogP contribution is -2.38. The van der Waals surface area contributed by atoms with Gasteiger partial charge in [0.25, 0.3) is 0 Å². The summed E-state index contributed by atoms with van der Waals surface area (Å²) < 4.78 is 31.6. The Labute approximate surface area is 212 Å². The van der Waals surface area contributed by atoms with E-state index in [4.69, 9.17) is 0 Å². The molecule has 0 saturated carbocycles. The van der Waals surface area contributed by atoms with Gasteiger partial charge in [0.15, 0.2) is 0 Å². The Morgan fingerprint density at radius 3 is 1.40 bits per heavy atom. The van der Waals surface area contributed by atoms with E-state index in [2.05, 4.69) is 63.7 Å². The summed E-state index contributed by atoms with van der Waals surface area (Å²) in [4.78, 5) is 0.427. The van der Waals surface area contributed by atoms with Crippen molar-refractivity contribution in [3.8, 4) is 0 Å². The lowest BCUT2D eigenvalue weighted by Gasteiger charge is -2.30. The SMILES string of the molecule is CNC(c1ccccc1)[C@@H](NS(=O)(=O)c1c(C(C)C)cc(C(C)C)cc1C(C)C)c1ccccc1. The van der Waals surface area contributed by atoms with Gasteiger partial charge in [-0.3, -0.25) is 0 Å². The Morgan fingerprint density at radius 1 is 0.600 bits per heavy atom. The number of benzene rings is 3. The second kappa shape index (κ2) is 11.5. The summed E-state index contributed by atoms with van der Waals surface area (Å²) in [5.41, 5.74) is 4.86. The second-order valence-electron chi connectivity index (χ2n) is 10.2. The van der Waals surface area contributed by atoms with Gasteiger partial charge in [-0.1, -0.05) is 114 Å². The normalized spacial score (nSPS) is 14.0. The monoisotopic (exact) mass is 492 g/mol. The Morgan fingerprint density at radius 2 is 1.03 bits per heavy atom. The fourth-order valence-corrected chi connectivity index (χ4v) is 6.54. The number of rotatable bonds is 10. The maximum absolute atomic E-state index is 14.3. The zero-order chi connectivity index (χ0) is 25.8. The molecule has 3 aromatic carbocycles. The maximum atomic E-state index is 14.3. The molecule has 0 amide bonds. The van der Waals surface area contributed by atoms with E-state index in [-0.39, 0.29) is 17.9 Å². The highest BCUT2D eigenvalue weighted by atomic mass is 32.2. The highest BCUT2D eigenvalue weighted by molar-refractivity contribution is 7.89. The van der Waals surface area contributed by atoms with Gasteiger partial charge in [-0.2, -0.15) is 0 Å². The molecule has 2 N–H and O–H groups in total. The van der Waals surface area contributed by atoms with Crippen LogP contribution < -0.4 is 10.0 Å². The fraction of sp³-hybridized carbons (Fsp3) is 0.400. The third-order valence-corrected chi connectivity index (χ3v) is 8.17. The fourth-order valence-electron chi connectivity index (χ4n) is 4.60. The van der Waals surface area contributed by atoms with Crippen molar-refractivity contribution < 1.29 is 8.42 Å². The summed E-state index contributed by atoms with van der Waals surface area (Å²) in [5, 5.41) is 3.36. The van der Waals surface area contributed by atoms with Crippen molar-refractivity contribution in [3.63, 3.8) is 0 Å². The van der Waals surface area contributed by atoms with E-state index >= 15 is 0 Å². The predicted molar refractivity (Wildman–Crippen MR) is 146 cm³/mol. The molecule has 0 aliphatic heterocycles. The van der Waals surface area contributed by atoms with Crippen molar-refractivity contribution in [2.75, 3.05) is 7.05 Å². The molecule has 0 aromatic heterocycles. The van der Waals surface area contributed by atoms with E-state index in [0.717, 1.165) is 22.3 Å². The minimum absolute atomic E-state index is 0.0715. The first-order valence-electron chi connectivity index (χ1n) is 12.5. The van der Waals surface area contributed by atoms with Crippen LogP contribution in [0.15, 0.2) is 77.7 Å². The number of likely N-dealkylation sites (N-methyl/N-ethyl adjacent to an activating group) is 1. The molecule has 0 fully saturated rings. The third-order valence-electron chi connectivity index (χ3n) is 6.59. The number of hydrogen-bond donors (Lipinski definition) is 2. The molecule has 2 atom stereocenters. The summed E-state index contributed by atoms with van der Waals surface area (Å²) in [6.07, 6.45) is 0. The summed E-state index contributed by atoms with van der Waals surface area (Å²) in [7, 11) is -1.98. The van der Waals surface area contributed by atoms with Gasteiger partial charge in [0.1, 0.15) is 0 Å². The highest BCUT2D eigenvalue weighted by Gasteiger charge is 2.33. The summed E-state index contributed by atoms with van der Waals surface area (Å²) in [6.45, 7) is 12.6. The molecule has 5 heteroatoms. The minimum atomic E-state index is -3.85. The van der Waals surface area contributed by atoms with Crippen molar-refractivity contribution >= 4 is 10.0 Å². The lowest BCUT2D eigenvalue weighted by atomic mass is 9.89. The van der Waals surface area contributed by atoms with Crippen molar-refractivity contribution in [2.45, 2.75) is 76.3 Å². The van der Waals surface area contributed by atoms with Gasteiger partial charge in [-0.05, 0) is 52.6 Å². The molecular formula is C30H40N2O2S. The van der Waals surface area contributed by atoms with Crippen LogP contribution in [-0.2, 0) is 10.0 Å². The molecule has 4 nitrogen and oxygen atoms in total. The van der Waals surface area contributed by atoms with Crippen LogP contribution in [-0.4, -0.2) is 15.5 Å². The number of hydrogen-bond acceptors (Lipinski definition) is 3. The molecular weight excluding hydrogens is 452 g/mol. The van der Waals surface area contributed by atoms with Gasteiger partial charge >= 0.3 is 0 Å². The Hall–Kier alpha value is -2.47. The molecule has 0 saturated heterocycles. The average molecular weight is 493 g/mol. The van der Waals surface area contributed by atoms with Crippen molar-refractivity contribution in [1.29, 1.82) is 0 Å². The second-order valence-corrected chi connectivity index (χ2v) is 11.8. The molecule has 0 spiro atoms. The van der Waals surface area contributed by atoms with E-state index in [9.17, 15) is 8.42 Å². The first-order valence-corrected chi connectivity index (χ1v) is 14.0. The van der Waals surface area contributed by atoms with Crippen molar-refractivity contribution in [3.05, 3.63) is 101 Å². The lowest BCUT2D eigenvalue weighted by molar-refractivity contribution is 0.450. The summed E-state index contributed by atoms with van der Waals surface area (Å²) in [5.74, 6) is 0.461. The molecule has 3 rings (SSSR count). The van der Waals surface area contributed by atoms with Crippen LogP contribution in [0.1, 0.15) is 99.2 Å². The quantitative estimate of drug-likeness (QED) is 0.319. The van der Waals surface area contributed by atoms with Gasteiger partial charge in [-0.25, -0.2) is 13.1 Å².